The van der Waals surface area contributed by atoms with Crippen molar-refractivity contribution in [3.63, 3.8) is 0 Å². The van der Waals surface area contributed by atoms with Crippen LogP contribution >= 0.6 is 11.3 Å². The van der Waals surface area contributed by atoms with Crippen LogP contribution in [0.15, 0.2) is 35.7 Å². The summed E-state index contributed by atoms with van der Waals surface area (Å²) in [6.07, 6.45) is 2.02. The first-order valence-electron chi connectivity index (χ1n) is 9.65. The monoisotopic (exact) mass is 417 g/mol. The van der Waals surface area contributed by atoms with Crippen LogP contribution in [0, 0.1) is 5.92 Å². The molecular weight excluding hydrogens is 390 g/mol. The van der Waals surface area contributed by atoms with Crippen molar-refractivity contribution in [2.45, 2.75) is 19.4 Å². The molecule has 7 nitrogen and oxygen atoms in total. The number of hydrogen-bond donors (Lipinski definition) is 2. The Morgan fingerprint density at radius 1 is 1.14 bits per heavy atom. The Labute approximate surface area is 175 Å². The van der Waals surface area contributed by atoms with E-state index in [0.29, 0.717) is 29.6 Å². The first-order valence-corrected chi connectivity index (χ1v) is 10.5. The molecule has 1 aliphatic rings. The van der Waals surface area contributed by atoms with Crippen molar-refractivity contribution in [2.24, 2.45) is 5.92 Å². The number of ether oxygens (including phenoxy) is 2. The molecule has 0 bridgehead atoms. The van der Waals surface area contributed by atoms with Crippen molar-refractivity contribution in [1.82, 2.24) is 10.2 Å². The van der Waals surface area contributed by atoms with E-state index >= 15 is 0 Å². The van der Waals surface area contributed by atoms with Crippen molar-refractivity contribution >= 4 is 28.8 Å². The molecule has 1 aromatic carbocycles. The topological polar surface area (TPSA) is 79.9 Å². The number of nitrogens with one attached hydrogen (secondary N) is 2. The number of hydrogen-bond acceptors (Lipinski definition) is 6. The number of thiophene rings is 1. The minimum atomic E-state index is -0.716. The van der Waals surface area contributed by atoms with E-state index in [1.807, 2.05) is 0 Å². The quantitative estimate of drug-likeness (QED) is 0.677. The Morgan fingerprint density at radius 2 is 1.93 bits per heavy atom. The number of likely N-dealkylation sites (tertiary alicyclic amines) is 1. The largest absolute Gasteiger partial charge is 0.497 e. The zero-order chi connectivity index (χ0) is 20.6. The van der Waals surface area contributed by atoms with Crippen LogP contribution in [0.4, 0.5) is 5.69 Å². The molecule has 2 aromatic rings. The SMILES string of the molecule is COc1ccc(OC)c(NC(=O)C(=O)NCC2CCN(Cc3cccs3)CC2)c1. The number of anilines is 1. The predicted molar refractivity (Wildman–Crippen MR) is 114 cm³/mol. The summed E-state index contributed by atoms with van der Waals surface area (Å²) in [7, 11) is 3.04. The molecule has 0 aliphatic carbocycles. The molecule has 0 radical (unpaired) electrons. The fourth-order valence-corrected chi connectivity index (χ4v) is 4.13. The highest BCUT2D eigenvalue weighted by Crippen LogP contribution is 2.28. The van der Waals surface area contributed by atoms with E-state index in [1.54, 1.807) is 29.5 Å². The molecular formula is C21H27N3O4S. The number of carbonyl (C=O) groups excluding carboxylic acids is 2. The molecule has 0 unspecified atom stereocenters. The number of rotatable bonds is 7. The normalized spacial score (nSPS) is 15.0. The van der Waals surface area contributed by atoms with Crippen LogP contribution in [0.25, 0.3) is 0 Å². The van der Waals surface area contributed by atoms with Gasteiger partial charge in [0.1, 0.15) is 11.5 Å². The highest BCUT2D eigenvalue weighted by molar-refractivity contribution is 7.09. The maximum atomic E-state index is 12.3. The third-order valence-electron chi connectivity index (χ3n) is 5.08. The van der Waals surface area contributed by atoms with Crippen molar-refractivity contribution in [1.29, 1.82) is 0 Å². The van der Waals surface area contributed by atoms with Gasteiger partial charge < -0.3 is 20.1 Å². The molecule has 3 rings (SSSR count). The summed E-state index contributed by atoms with van der Waals surface area (Å²) in [5, 5.41) is 7.45. The second kappa shape index (κ2) is 10.3. The van der Waals surface area contributed by atoms with Crippen LogP contribution in [0.5, 0.6) is 11.5 Å². The molecule has 2 amide bonds. The molecule has 0 saturated carbocycles. The summed E-state index contributed by atoms with van der Waals surface area (Å²) >= 11 is 1.78. The summed E-state index contributed by atoms with van der Waals surface area (Å²) in [4.78, 5) is 28.3. The van der Waals surface area contributed by atoms with Crippen molar-refractivity contribution in [3.05, 3.63) is 40.6 Å². The number of amides is 2. The fraction of sp³-hybridized carbons (Fsp3) is 0.429. The Balaban J connectivity index is 1.43. The van der Waals surface area contributed by atoms with Gasteiger partial charge >= 0.3 is 11.8 Å². The van der Waals surface area contributed by atoms with E-state index in [4.69, 9.17) is 9.47 Å². The Bertz CT molecular complexity index is 817. The summed E-state index contributed by atoms with van der Waals surface area (Å²) in [6, 6.07) is 9.25. The summed E-state index contributed by atoms with van der Waals surface area (Å²) in [5.74, 6) is 0.0566. The fourth-order valence-electron chi connectivity index (χ4n) is 3.38. The zero-order valence-electron chi connectivity index (χ0n) is 16.8. The van der Waals surface area contributed by atoms with Crippen LogP contribution in [-0.4, -0.2) is 50.6 Å². The molecule has 2 heterocycles. The first kappa shape index (κ1) is 21.1. The number of methoxy groups -OCH3 is 2. The lowest BCUT2D eigenvalue weighted by Crippen LogP contribution is -2.41. The van der Waals surface area contributed by atoms with Crippen molar-refractivity contribution < 1.29 is 19.1 Å². The lowest BCUT2D eigenvalue weighted by atomic mass is 9.97. The van der Waals surface area contributed by atoms with Crippen LogP contribution in [0.1, 0.15) is 17.7 Å². The lowest BCUT2D eigenvalue weighted by Gasteiger charge is -2.31. The molecule has 29 heavy (non-hydrogen) atoms. The van der Waals surface area contributed by atoms with Gasteiger partial charge in [0.2, 0.25) is 0 Å². The van der Waals surface area contributed by atoms with Gasteiger partial charge in [-0.2, -0.15) is 0 Å². The van der Waals surface area contributed by atoms with Gasteiger partial charge in [-0.1, -0.05) is 6.07 Å². The Hall–Kier alpha value is -2.58. The molecule has 1 aromatic heterocycles. The second-order valence-electron chi connectivity index (χ2n) is 7.03. The molecule has 0 spiro atoms. The highest BCUT2D eigenvalue weighted by Gasteiger charge is 2.22. The van der Waals surface area contributed by atoms with Gasteiger partial charge in [0.15, 0.2) is 0 Å². The first-order chi connectivity index (χ1) is 14.1. The number of piperidine rings is 1. The second-order valence-corrected chi connectivity index (χ2v) is 8.06. The predicted octanol–water partition coefficient (Wildman–Crippen LogP) is 2.73. The van der Waals surface area contributed by atoms with Gasteiger partial charge in [0.25, 0.3) is 0 Å². The van der Waals surface area contributed by atoms with Gasteiger partial charge in [-0.15, -0.1) is 11.3 Å². The number of nitrogens with zero attached hydrogens (tertiary/aromatic N) is 1. The molecule has 1 aliphatic heterocycles. The van der Waals surface area contributed by atoms with E-state index in [0.717, 1.165) is 32.5 Å². The smallest absolute Gasteiger partial charge is 0.313 e. The molecule has 1 fully saturated rings. The lowest BCUT2D eigenvalue weighted by molar-refractivity contribution is -0.136. The molecule has 1 saturated heterocycles. The minimum absolute atomic E-state index is 0.387. The Kier molecular flexibility index (Phi) is 7.48. The summed E-state index contributed by atoms with van der Waals surface area (Å²) in [5.41, 5.74) is 0.397. The zero-order valence-corrected chi connectivity index (χ0v) is 17.6. The number of carbonyl (C=O) groups is 2. The average Bonchev–Trinajstić information content (AvgIpc) is 3.26. The van der Waals surface area contributed by atoms with E-state index in [2.05, 4.69) is 33.0 Å². The standard InChI is InChI=1S/C21H27N3O4S/c1-27-16-5-6-19(28-2)18(12-16)23-21(26)20(25)22-13-15-7-9-24(10-8-15)14-17-4-3-11-29-17/h3-6,11-12,15H,7-10,13-14H2,1-2H3,(H,22,25)(H,23,26). The van der Waals surface area contributed by atoms with Crippen molar-refractivity contribution in [3.8, 4) is 11.5 Å². The van der Waals surface area contributed by atoms with Crippen LogP contribution in [-0.2, 0) is 16.1 Å². The number of benzene rings is 1. The van der Waals surface area contributed by atoms with Gasteiger partial charge in [0.05, 0.1) is 19.9 Å². The molecule has 0 atom stereocenters. The minimum Gasteiger partial charge on any atom is -0.497 e. The molecule has 8 heteroatoms. The molecule has 2 N–H and O–H groups in total. The van der Waals surface area contributed by atoms with Gasteiger partial charge in [-0.05, 0) is 55.4 Å². The van der Waals surface area contributed by atoms with E-state index < -0.39 is 11.8 Å². The molecule has 156 valence electrons. The van der Waals surface area contributed by atoms with Crippen molar-refractivity contribution in [2.75, 3.05) is 39.2 Å². The van der Waals surface area contributed by atoms with Gasteiger partial charge in [0, 0.05) is 24.0 Å². The Morgan fingerprint density at radius 3 is 2.59 bits per heavy atom. The van der Waals surface area contributed by atoms with Crippen LogP contribution < -0.4 is 20.1 Å². The summed E-state index contributed by atoms with van der Waals surface area (Å²) in [6.45, 7) is 3.51. The summed E-state index contributed by atoms with van der Waals surface area (Å²) < 4.78 is 10.4. The third kappa shape index (κ3) is 5.95. The van der Waals surface area contributed by atoms with E-state index in [1.165, 1.54) is 19.1 Å². The maximum absolute atomic E-state index is 12.3. The average molecular weight is 418 g/mol. The maximum Gasteiger partial charge on any atom is 0.313 e. The van der Waals surface area contributed by atoms with E-state index in [-0.39, 0.29) is 0 Å². The highest BCUT2D eigenvalue weighted by atomic mass is 32.1. The van der Waals surface area contributed by atoms with Crippen LogP contribution in [0.3, 0.4) is 0 Å². The van der Waals surface area contributed by atoms with Gasteiger partial charge in [-0.25, -0.2) is 0 Å². The third-order valence-corrected chi connectivity index (χ3v) is 5.94. The van der Waals surface area contributed by atoms with Gasteiger partial charge in [-0.3, -0.25) is 14.5 Å². The van der Waals surface area contributed by atoms with Crippen LogP contribution in [0.2, 0.25) is 0 Å². The van der Waals surface area contributed by atoms with E-state index in [9.17, 15) is 9.59 Å².